The van der Waals surface area contributed by atoms with Gasteiger partial charge in [0.1, 0.15) is 12.7 Å². The normalized spacial score (nSPS) is 20.3. The van der Waals surface area contributed by atoms with Crippen LogP contribution in [-0.2, 0) is 11.2 Å². The number of halogens is 3. The number of cyclic esters (lactones) is 1. The Morgan fingerprint density at radius 1 is 1.33 bits per heavy atom. The SMILES string of the molecule is C=CC/C(=C\C[C@H](O)C(O)N1C(=O)OCC1Cc1ccccc1)C(F)(F)F. The Kier molecular flexibility index (Phi) is 7.04. The van der Waals surface area contributed by atoms with Gasteiger partial charge in [0.25, 0.3) is 0 Å². The van der Waals surface area contributed by atoms with Crippen molar-refractivity contribution < 1.29 is 32.9 Å². The molecule has 2 N–H and O–H groups in total. The molecule has 2 rings (SSSR count). The van der Waals surface area contributed by atoms with Crippen molar-refractivity contribution in [3.63, 3.8) is 0 Å². The number of allylic oxidation sites excluding steroid dienone is 2. The minimum Gasteiger partial charge on any atom is -0.447 e. The third-order valence-corrected chi connectivity index (χ3v) is 4.28. The van der Waals surface area contributed by atoms with Crippen molar-refractivity contribution in [2.45, 2.75) is 43.8 Å². The molecule has 0 spiro atoms. The topological polar surface area (TPSA) is 70.0 Å². The second kappa shape index (κ2) is 9.05. The van der Waals surface area contributed by atoms with Crippen molar-refractivity contribution in [3.05, 3.63) is 60.2 Å². The van der Waals surface area contributed by atoms with E-state index in [2.05, 4.69) is 6.58 Å². The second-order valence-corrected chi connectivity index (χ2v) is 6.26. The Balaban J connectivity index is 2.07. The first-order valence-corrected chi connectivity index (χ1v) is 8.46. The lowest BCUT2D eigenvalue weighted by atomic mass is 10.0. The van der Waals surface area contributed by atoms with Crippen molar-refractivity contribution >= 4 is 6.09 Å². The minimum absolute atomic E-state index is 0.0254. The van der Waals surface area contributed by atoms with Crippen LogP contribution in [0.15, 0.2) is 54.6 Å². The molecule has 1 aliphatic heterocycles. The largest absolute Gasteiger partial charge is 0.447 e. The summed E-state index contributed by atoms with van der Waals surface area (Å²) in [7, 11) is 0. The van der Waals surface area contributed by atoms with Crippen LogP contribution in [0.25, 0.3) is 0 Å². The van der Waals surface area contributed by atoms with E-state index in [0.29, 0.717) is 6.42 Å². The molecule has 5 nitrogen and oxygen atoms in total. The number of carbonyl (C=O) groups is 1. The van der Waals surface area contributed by atoms with E-state index in [1.54, 1.807) is 0 Å². The molecule has 3 atom stereocenters. The highest BCUT2D eigenvalue weighted by Gasteiger charge is 2.40. The van der Waals surface area contributed by atoms with Crippen LogP contribution in [0.1, 0.15) is 18.4 Å². The fourth-order valence-electron chi connectivity index (χ4n) is 2.88. The first-order chi connectivity index (χ1) is 12.7. The number of rotatable bonds is 8. The quantitative estimate of drug-likeness (QED) is 0.675. The number of aliphatic hydroxyl groups excluding tert-OH is 2. The standard InChI is InChI=1S/C19H22F3NO4/c1-2-6-14(19(20,21)22)9-10-16(24)17(25)23-15(12-27-18(23)26)11-13-7-4-3-5-8-13/h2-5,7-9,15-17,24-25H,1,6,10-12H2/b14-9+/t15?,16-,17?/m0/s1. The van der Waals surface area contributed by atoms with Gasteiger partial charge in [0.15, 0.2) is 6.23 Å². The van der Waals surface area contributed by atoms with Gasteiger partial charge in [-0.1, -0.05) is 42.5 Å². The zero-order valence-corrected chi connectivity index (χ0v) is 14.6. The van der Waals surface area contributed by atoms with E-state index in [0.717, 1.165) is 22.6 Å². The van der Waals surface area contributed by atoms with Crippen LogP contribution >= 0.6 is 0 Å². The van der Waals surface area contributed by atoms with Crippen molar-refractivity contribution in [1.82, 2.24) is 4.90 Å². The van der Waals surface area contributed by atoms with Crippen molar-refractivity contribution in [2.24, 2.45) is 0 Å². The van der Waals surface area contributed by atoms with Crippen LogP contribution in [-0.4, -0.2) is 52.4 Å². The summed E-state index contributed by atoms with van der Waals surface area (Å²) in [5.41, 5.74) is 0.0336. The zero-order valence-electron chi connectivity index (χ0n) is 14.6. The Morgan fingerprint density at radius 2 is 2.00 bits per heavy atom. The number of carbonyl (C=O) groups excluding carboxylic acids is 1. The van der Waals surface area contributed by atoms with Gasteiger partial charge in [-0.15, -0.1) is 6.58 Å². The van der Waals surface area contributed by atoms with E-state index >= 15 is 0 Å². The number of amides is 1. The predicted molar refractivity (Wildman–Crippen MR) is 92.7 cm³/mol. The van der Waals surface area contributed by atoms with Crippen LogP contribution in [0.2, 0.25) is 0 Å². The van der Waals surface area contributed by atoms with E-state index in [9.17, 15) is 28.2 Å². The van der Waals surface area contributed by atoms with Gasteiger partial charge < -0.3 is 14.9 Å². The summed E-state index contributed by atoms with van der Waals surface area (Å²) in [5, 5.41) is 20.5. The molecule has 1 aromatic rings. The average molecular weight is 385 g/mol. The highest BCUT2D eigenvalue weighted by atomic mass is 19.4. The van der Waals surface area contributed by atoms with Crippen molar-refractivity contribution in [2.75, 3.05) is 6.61 Å². The number of alkyl halides is 3. The lowest BCUT2D eigenvalue weighted by Gasteiger charge is -2.29. The summed E-state index contributed by atoms with van der Waals surface area (Å²) in [4.78, 5) is 12.9. The van der Waals surface area contributed by atoms with E-state index in [4.69, 9.17) is 4.74 Å². The molecule has 0 aromatic heterocycles. The van der Waals surface area contributed by atoms with Crippen LogP contribution < -0.4 is 0 Å². The van der Waals surface area contributed by atoms with Gasteiger partial charge in [-0.05, 0) is 24.8 Å². The summed E-state index contributed by atoms with van der Waals surface area (Å²) < 4.78 is 43.6. The number of hydrogen-bond acceptors (Lipinski definition) is 4. The van der Waals surface area contributed by atoms with Gasteiger partial charge >= 0.3 is 12.3 Å². The van der Waals surface area contributed by atoms with E-state index in [1.165, 1.54) is 0 Å². The fourth-order valence-corrected chi connectivity index (χ4v) is 2.88. The molecule has 0 bridgehead atoms. The number of hydrogen-bond donors (Lipinski definition) is 2. The number of ether oxygens (including phenoxy) is 1. The Morgan fingerprint density at radius 3 is 2.59 bits per heavy atom. The minimum atomic E-state index is -4.55. The molecule has 8 heteroatoms. The highest BCUT2D eigenvalue weighted by molar-refractivity contribution is 5.70. The molecule has 1 saturated heterocycles. The molecular weight excluding hydrogens is 363 g/mol. The molecule has 1 fully saturated rings. The molecule has 1 aliphatic rings. The molecule has 0 aliphatic carbocycles. The molecule has 1 amide bonds. The monoisotopic (exact) mass is 385 g/mol. The summed E-state index contributed by atoms with van der Waals surface area (Å²) in [6, 6.07) is 8.65. The molecule has 0 radical (unpaired) electrons. The molecular formula is C19H22F3NO4. The number of benzene rings is 1. The van der Waals surface area contributed by atoms with Gasteiger partial charge in [0, 0.05) is 5.57 Å². The second-order valence-electron chi connectivity index (χ2n) is 6.26. The molecule has 148 valence electrons. The fraction of sp³-hybridized carbons (Fsp3) is 0.421. The van der Waals surface area contributed by atoms with E-state index in [1.807, 2.05) is 30.3 Å². The number of aliphatic hydroxyl groups is 2. The van der Waals surface area contributed by atoms with Crippen molar-refractivity contribution in [3.8, 4) is 0 Å². The lowest BCUT2D eigenvalue weighted by molar-refractivity contribution is -0.0944. The summed E-state index contributed by atoms with van der Waals surface area (Å²) in [6.45, 7) is 3.30. The van der Waals surface area contributed by atoms with Gasteiger partial charge in [-0.3, -0.25) is 4.90 Å². The van der Waals surface area contributed by atoms with Gasteiger partial charge in [-0.2, -0.15) is 13.2 Å². The molecule has 0 saturated carbocycles. The Labute approximate surface area is 155 Å². The smallest absolute Gasteiger partial charge is 0.412 e. The molecule has 1 aromatic carbocycles. The Hall–Kier alpha value is -2.32. The molecule has 1 heterocycles. The number of nitrogens with zero attached hydrogens (tertiary/aromatic N) is 1. The molecule has 2 unspecified atom stereocenters. The van der Waals surface area contributed by atoms with Gasteiger partial charge in [-0.25, -0.2) is 4.79 Å². The zero-order chi connectivity index (χ0) is 20.0. The summed E-state index contributed by atoms with van der Waals surface area (Å²) in [6.07, 6.45) is -7.20. The van der Waals surface area contributed by atoms with Gasteiger partial charge in [0.2, 0.25) is 0 Å². The van der Waals surface area contributed by atoms with Crippen molar-refractivity contribution in [1.29, 1.82) is 0 Å². The maximum Gasteiger partial charge on any atom is 0.412 e. The average Bonchev–Trinajstić information content (AvgIpc) is 2.97. The van der Waals surface area contributed by atoms with Crippen LogP contribution in [0.3, 0.4) is 0 Å². The van der Waals surface area contributed by atoms with Crippen LogP contribution in [0.4, 0.5) is 18.0 Å². The van der Waals surface area contributed by atoms with Crippen LogP contribution in [0, 0.1) is 0 Å². The lowest BCUT2D eigenvalue weighted by Crippen LogP contribution is -2.49. The third kappa shape index (κ3) is 5.58. The first kappa shape index (κ1) is 21.0. The van der Waals surface area contributed by atoms with Gasteiger partial charge in [0.05, 0.1) is 6.04 Å². The first-order valence-electron chi connectivity index (χ1n) is 8.46. The van der Waals surface area contributed by atoms with Crippen LogP contribution in [0.5, 0.6) is 0 Å². The van der Waals surface area contributed by atoms with E-state index < -0.39 is 49.1 Å². The maximum atomic E-state index is 12.9. The summed E-state index contributed by atoms with van der Waals surface area (Å²) >= 11 is 0. The third-order valence-electron chi connectivity index (χ3n) is 4.28. The Bertz CT molecular complexity index is 675. The highest BCUT2D eigenvalue weighted by Crippen LogP contribution is 2.29. The predicted octanol–water partition coefficient (Wildman–Crippen LogP) is 3.18. The maximum absolute atomic E-state index is 12.9. The summed E-state index contributed by atoms with van der Waals surface area (Å²) in [5.74, 6) is 0. The molecule has 27 heavy (non-hydrogen) atoms. The van der Waals surface area contributed by atoms with E-state index in [-0.39, 0.29) is 6.61 Å².